The molecule has 1 heterocycles. The summed E-state index contributed by atoms with van der Waals surface area (Å²) >= 11 is 0. The minimum absolute atomic E-state index is 0.639. The molecule has 0 aromatic carbocycles. The second-order valence-electron chi connectivity index (χ2n) is 5.35. The normalized spacial score (nSPS) is 33.2. The van der Waals surface area contributed by atoms with Gasteiger partial charge in [-0.2, -0.15) is 0 Å². The van der Waals surface area contributed by atoms with E-state index in [4.69, 9.17) is 4.74 Å². The van der Waals surface area contributed by atoms with Crippen LogP contribution < -0.4 is 5.32 Å². The fourth-order valence-electron chi connectivity index (χ4n) is 2.34. The van der Waals surface area contributed by atoms with Gasteiger partial charge in [0.1, 0.15) is 0 Å². The SMILES string of the molecule is C1CN(CC2CC2)C(CNC2CC2)CO1. The van der Waals surface area contributed by atoms with Gasteiger partial charge in [-0.3, -0.25) is 4.90 Å². The minimum Gasteiger partial charge on any atom is -0.378 e. The predicted molar refractivity (Wildman–Crippen MR) is 59.9 cm³/mol. The van der Waals surface area contributed by atoms with Gasteiger partial charge in [0, 0.05) is 31.7 Å². The van der Waals surface area contributed by atoms with Crippen LogP contribution in [0, 0.1) is 5.92 Å². The highest BCUT2D eigenvalue weighted by atomic mass is 16.5. The van der Waals surface area contributed by atoms with Crippen molar-refractivity contribution in [1.29, 1.82) is 0 Å². The number of ether oxygens (including phenoxy) is 1. The molecule has 3 heteroatoms. The Balaban J connectivity index is 1.46. The average Bonchev–Trinajstić information content (AvgIpc) is 3.12. The van der Waals surface area contributed by atoms with Crippen molar-refractivity contribution in [1.82, 2.24) is 10.2 Å². The van der Waals surface area contributed by atoms with Gasteiger partial charge in [0.15, 0.2) is 0 Å². The maximum Gasteiger partial charge on any atom is 0.0634 e. The van der Waals surface area contributed by atoms with E-state index in [0.717, 1.165) is 38.3 Å². The number of hydrogen-bond donors (Lipinski definition) is 1. The van der Waals surface area contributed by atoms with Crippen LogP contribution in [-0.2, 0) is 4.74 Å². The molecule has 3 nitrogen and oxygen atoms in total. The van der Waals surface area contributed by atoms with E-state index in [1.807, 2.05) is 0 Å². The van der Waals surface area contributed by atoms with E-state index in [0.29, 0.717) is 6.04 Å². The third kappa shape index (κ3) is 2.92. The van der Waals surface area contributed by atoms with Crippen molar-refractivity contribution in [3.05, 3.63) is 0 Å². The Hall–Kier alpha value is -0.120. The van der Waals surface area contributed by atoms with Crippen LogP contribution >= 0.6 is 0 Å². The molecule has 0 aromatic rings. The molecule has 1 saturated heterocycles. The van der Waals surface area contributed by atoms with Crippen LogP contribution in [0.5, 0.6) is 0 Å². The zero-order valence-corrected chi connectivity index (χ0v) is 9.45. The van der Waals surface area contributed by atoms with E-state index in [2.05, 4.69) is 10.2 Å². The highest BCUT2D eigenvalue weighted by molar-refractivity contribution is 4.87. The zero-order valence-electron chi connectivity index (χ0n) is 9.45. The van der Waals surface area contributed by atoms with Crippen molar-refractivity contribution in [3.63, 3.8) is 0 Å². The monoisotopic (exact) mass is 210 g/mol. The van der Waals surface area contributed by atoms with Crippen molar-refractivity contribution in [2.24, 2.45) is 5.92 Å². The van der Waals surface area contributed by atoms with E-state index in [1.54, 1.807) is 0 Å². The largest absolute Gasteiger partial charge is 0.378 e. The van der Waals surface area contributed by atoms with Crippen LogP contribution in [0.2, 0.25) is 0 Å². The summed E-state index contributed by atoms with van der Waals surface area (Å²) in [7, 11) is 0. The van der Waals surface area contributed by atoms with Crippen LogP contribution in [-0.4, -0.2) is 49.8 Å². The first-order chi connectivity index (χ1) is 7.42. The molecule has 2 aliphatic carbocycles. The van der Waals surface area contributed by atoms with Gasteiger partial charge in [-0.25, -0.2) is 0 Å². The summed E-state index contributed by atoms with van der Waals surface area (Å²) in [6.07, 6.45) is 5.69. The Kier molecular flexibility index (Phi) is 2.95. The smallest absolute Gasteiger partial charge is 0.0634 e. The first-order valence-electron chi connectivity index (χ1n) is 6.47. The maximum absolute atomic E-state index is 5.59. The molecular formula is C12H22N2O. The number of rotatable bonds is 5. The molecule has 0 radical (unpaired) electrons. The lowest BCUT2D eigenvalue weighted by Crippen LogP contribution is -2.51. The van der Waals surface area contributed by atoms with Gasteiger partial charge in [-0.05, 0) is 31.6 Å². The summed E-state index contributed by atoms with van der Waals surface area (Å²) in [6.45, 7) is 5.48. The molecule has 0 amide bonds. The lowest BCUT2D eigenvalue weighted by molar-refractivity contribution is -0.00890. The molecular weight excluding hydrogens is 188 g/mol. The predicted octanol–water partition coefficient (Wildman–Crippen LogP) is 0.849. The Labute approximate surface area is 92.2 Å². The molecule has 0 bridgehead atoms. The second-order valence-corrected chi connectivity index (χ2v) is 5.35. The van der Waals surface area contributed by atoms with Crippen LogP contribution in [0.25, 0.3) is 0 Å². The molecule has 0 spiro atoms. The molecule has 0 aromatic heterocycles. The van der Waals surface area contributed by atoms with Crippen molar-refractivity contribution in [3.8, 4) is 0 Å². The third-order valence-electron chi connectivity index (χ3n) is 3.76. The van der Waals surface area contributed by atoms with E-state index < -0.39 is 0 Å². The van der Waals surface area contributed by atoms with Crippen LogP contribution in [0.15, 0.2) is 0 Å². The quantitative estimate of drug-likeness (QED) is 0.728. The van der Waals surface area contributed by atoms with Crippen molar-refractivity contribution in [2.75, 3.05) is 32.8 Å². The molecule has 86 valence electrons. The second kappa shape index (κ2) is 4.40. The first kappa shape index (κ1) is 10.1. The third-order valence-corrected chi connectivity index (χ3v) is 3.76. The number of morpholine rings is 1. The van der Waals surface area contributed by atoms with Crippen molar-refractivity contribution in [2.45, 2.75) is 37.8 Å². The van der Waals surface area contributed by atoms with Gasteiger partial charge < -0.3 is 10.1 Å². The fourth-order valence-corrected chi connectivity index (χ4v) is 2.34. The van der Waals surface area contributed by atoms with Gasteiger partial charge in [0.05, 0.1) is 13.2 Å². The Morgan fingerprint density at radius 3 is 2.80 bits per heavy atom. The number of hydrogen-bond acceptors (Lipinski definition) is 3. The molecule has 3 aliphatic rings. The van der Waals surface area contributed by atoms with Crippen molar-refractivity contribution < 1.29 is 4.74 Å². The van der Waals surface area contributed by atoms with E-state index in [1.165, 1.54) is 32.2 Å². The number of nitrogens with zero attached hydrogens (tertiary/aromatic N) is 1. The fraction of sp³-hybridized carbons (Fsp3) is 1.00. The first-order valence-corrected chi connectivity index (χ1v) is 6.47. The molecule has 3 fully saturated rings. The van der Waals surface area contributed by atoms with Gasteiger partial charge in [-0.15, -0.1) is 0 Å². The maximum atomic E-state index is 5.59. The Bertz CT molecular complexity index is 214. The van der Waals surface area contributed by atoms with Gasteiger partial charge in [0.25, 0.3) is 0 Å². The summed E-state index contributed by atoms with van der Waals surface area (Å²) in [6, 6.07) is 1.47. The highest BCUT2D eigenvalue weighted by Crippen LogP contribution is 2.30. The Morgan fingerprint density at radius 2 is 2.07 bits per heavy atom. The molecule has 2 saturated carbocycles. The van der Waals surface area contributed by atoms with Crippen LogP contribution in [0.1, 0.15) is 25.7 Å². The van der Waals surface area contributed by atoms with Gasteiger partial charge >= 0.3 is 0 Å². The Morgan fingerprint density at radius 1 is 1.20 bits per heavy atom. The zero-order chi connectivity index (χ0) is 10.1. The summed E-state index contributed by atoms with van der Waals surface area (Å²) in [4.78, 5) is 2.65. The summed E-state index contributed by atoms with van der Waals surface area (Å²) in [5.41, 5.74) is 0. The minimum atomic E-state index is 0.639. The molecule has 1 unspecified atom stereocenters. The topological polar surface area (TPSA) is 24.5 Å². The molecule has 1 N–H and O–H groups in total. The van der Waals surface area contributed by atoms with E-state index >= 15 is 0 Å². The van der Waals surface area contributed by atoms with E-state index in [9.17, 15) is 0 Å². The lowest BCUT2D eigenvalue weighted by Gasteiger charge is -2.35. The summed E-state index contributed by atoms with van der Waals surface area (Å²) < 4.78 is 5.59. The highest BCUT2D eigenvalue weighted by Gasteiger charge is 2.31. The van der Waals surface area contributed by atoms with Gasteiger partial charge in [0.2, 0.25) is 0 Å². The summed E-state index contributed by atoms with van der Waals surface area (Å²) in [5, 5.41) is 3.63. The van der Waals surface area contributed by atoms with E-state index in [-0.39, 0.29) is 0 Å². The van der Waals surface area contributed by atoms with Gasteiger partial charge in [-0.1, -0.05) is 0 Å². The molecule has 1 atom stereocenters. The number of nitrogens with one attached hydrogen (secondary N) is 1. The molecule has 1 aliphatic heterocycles. The average molecular weight is 210 g/mol. The standard InChI is InChI=1S/C12H22N2O/c1-2-10(1)8-14-5-6-15-9-12(14)7-13-11-3-4-11/h10-13H,1-9H2. The van der Waals surface area contributed by atoms with Crippen molar-refractivity contribution >= 4 is 0 Å². The van der Waals surface area contributed by atoms with Crippen LogP contribution in [0.4, 0.5) is 0 Å². The van der Waals surface area contributed by atoms with Crippen LogP contribution in [0.3, 0.4) is 0 Å². The molecule has 3 rings (SSSR count). The lowest BCUT2D eigenvalue weighted by atomic mass is 10.2. The summed E-state index contributed by atoms with van der Waals surface area (Å²) in [5.74, 6) is 1.01. The molecule has 15 heavy (non-hydrogen) atoms.